The molecular weight excluding hydrogens is 300 g/mol. The molecule has 7 heteroatoms. The average molecular weight is 311 g/mol. The van der Waals surface area contributed by atoms with E-state index in [1.165, 1.54) is 11.3 Å². The molecular formula is C11H11BrN4O2. The predicted molar refractivity (Wildman–Crippen MR) is 68.3 cm³/mol. The normalized spacial score (nSPS) is 10.4. The SMILES string of the molecule is CCc1ncoc1C(=O)N(C)c1ncc(Br)cn1. The number of halogens is 1. The summed E-state index contributed by atoms with van der Waals surface area (Å²) < 4.78 is 5.87. The summed E-state index contributed by atoms with van der Waals surface area (Å²) in [6.07, 6.45) is 5.05. The molecule has 0 aliphatic heterocycles. The Balaban J connectivity index is 2.26. The zero-order chi connectivity index (χ0) is 13.1. The van der Waals surface area contributed by atoms with Crippen molar-refractivity contribution in [2.24, 2.45) is 0 Å². The number of nitrogens with zero attached hydrogens (tertiary/aromatic N) is 4. The predicted octanol–water partition coefficient (Wildman–Crippen LogP) is 2.07. The third-order valence-electron chi connectivity index (χ3n) is 2.38. The van der Waals surface area contributed by atoms with Crippen molar-refractivity contribution in [2.45, 2.75) is 13.3 Å². The Kier molecular flexibility index (Phi) is 3.71. The Bertz CT molecular complexity index is 552. The van der Waals surface area contributed by atoms with Gasteiger partial charge in [-0.3, -0.25) is 9.69 Å². The van der Waals surface area contributed by atoms with Crippen LogP contribution >= 0.6 is 15.9 Å². The lowest BCUT2D eigenvalue weighted by molar-refractivity contribution is 0.0963. The van der Waals surface area contributed by atoms with Crippen LogP contribution in [-0.4, -0.2) is 27.9 Å². The molecule has 94 valence electrons. The molecule has 2 aromatic rings. The number of amides is 1. The lowest BCUT2D eigenvalue weighted by Gasteiger charge is -2.13. The number of aryl methyl sites for hydroxylation is 1. The molecule has 18 heavy (non-hydrogen) atoms. The van der Waals surface area contributed by atoms with Crippen LogP contribution in [0, 0.1) is 0 Å². The van der Waals surface area contributed by atoms with Crippen LogP contribution in [0.1, 0.15) is 23.2 Å². The zero-order valence-corrected chi connectivity index (χ0v) is 11.5. The molecule has 0 unspecified atom stereocenters. The molecule has 0 radical (unpaired) electrons. The van der Waals surface area contributed by atoms with Crippen LogP contribution in [0.2, 0.25) is 0 Å². The molecule has 0 aliphatic rings. The summed E-state index contributed by atoms with van der Waals surface area (Å²) in [5.74, 6) is 0.222. The van der Waals surface area contributed by atoms with Gasteiger partial charge in [0, 0.05) is 19.4 Å². The number of rotatable bonds is 3. The summed E-state index contributed by atoms with van der Waals surface area (Å²) >= 11 is 3.24. The van der Waals surface area contributed by atoms with Crippen LogP contribution in [0.25, 0.3) is 0 Å². The van der Waals surface area contributed by atoms with E-state index in [-0.39, 0.29) is 11.7 Å². The zero-order valence-electron chi connectivity index (χ0n) is 9.92. The van der Waals surface area contributed by atoms with Gasteiger partial charge in [0.05, 0.1) is 10.2 Å². The Morgan fingerprint density at radius 1 is 1.39 bits per heavy atom. The van der Waals surface area contributed by atoms with Gasteiger partial charge in [-0.05, 0) is 22.4 Å². The van der Waals surface area contributed by atoms with Crippen molar-refractivity contribution in [1.82, 2.24) is 15.0 Å². The van der Waals surface area contributed by atoms with Gasteiger partial charge in [-0.25, -0.2) is 15.0 Å². The van der Waals surface area contributed by atoms with Crippen LogP contribution in [0.3, 0.4) is 0 Å². The fourth-order valence-electron chi connectivity index (χ4n) is 1.42. The van der Waals surface area contributed by atoms with Crippen LogP contribution in [-0.2, 0) is 6.42 Å². The number of carbonyl (C=O) groups is 1. The number of oxazole rings is 1. The Morgan fingerprint density at radius 3 is 2.67 bits per heavy atom. The van der Waals surface area contributed by atoms with E-state index in [1.54, 1.807) is 19.4 Å². The number of hydrogen-bond donors (Lipinski definition) is 0. The van der Waals surface area contributed by atoms with E-state index in [1.807, 2.05) is 6.92 Å². The number of anilines is 1. The standard InChI is InChI=1S/C11H11BrN4O2/c1-3-8-9(18-6-15-8)10(17)16(2)11-13-4-7(12)5-14-11/h4-6H,3H2,1-2H3. The first-order valence-electron chi connectivity index (χ1n) is 5.31. The molecule has 0 aliphatic carbocycles. The first-order chi connectivity index (χ1) is 8.63. The summed E-state index contributed by atoms with van der Waals surface area (Å²) in [4.78, 5) is 25.6. The number of hydrogen-bond acceptors (Lipinski definition) is 5. The Labute approximate surface area is 112 Å². The molecule has 0 fully saturated rings. The molecule has 0 bridgehead atoms. The fraction of sp³-hybridized carbons (Fsp3) is 0.273. The Hall–Kier alpha value is -1.76. The van der Waals surface area contributed by atoms with Crippen molar-refractivity contribution in [3.63, 3.8) is 0 Å². The first-order valence-corrected chi connectivity index (χ1v) is 6.10. The van der Waals surface area contributed by atoms with E-state index in [4.69, 9.17) is 4.42 Å². The van der Waals surface area contributed by atoms with Gasteiger partial charge in [-0.2, -0.15) is 0 Å². The van der Waals surface area contributed by atoms with E-state index in [9.17, 15) is 4.79 Å². The maximum Gasteiger partial charge on any atom is 0.298 e. The minimum absolute atomic E-state index is 0.228. The third kappa shape index (κ3) is 2.40. The van der Waals surface area contributed by atoms with Crippen LogP contribution < -0.4 is 4.90 Å². The maximum absolute atomic E-state index is 12.2. The fourth-order valence-corrected chi connectivity index (χ4v) is 1.62. The quantitative estimate of drug-likeness (QED) is 0.867. The van der Waals surface area contributed by atoms with Gasteiger partial charge >= 0.3 is 0 Å². The molecule has 0 spiro atoms. The van der Waals surface area contributed by atoms with Gasteiger partial charge in [-0.1, -0.05) is 6.92 Å². The van der Waals surface area contributed by atoms with Crippen LogP contribution in [0.4, 0.5) is 5.95 Å². The monoisotopic (exact) mass is 310 g/mol. The highest BCUT2D eigenvalue weighted by molar-refractivity contribution is 9.10. The highest BCUT2D eigenvalue weighted by Gasteiger charge is 2.22. The second-order valence-corrected chi connectivity index (χ2v) is 4.46. The minimum Gasteiger partial charge on any atom is -0.438 e. The lowest BCUT2D eigenvalue weighted by atomic mass is 10.2. The van der Waals surface area contributed by atoms with E-state index in [2.05, 4.69) is 30.9 Å². The lowest BCUT2D eigenvalue weighted by Crippen LogP contribution is -2.28. The summed E-state index contributed by atoms with van der Waals surface area (Å²) in [7, 11) is 1.59. The summed E-state index contributed by atoms with van der Waals surface area (Å²) in [6.45, 7) is 1.91. The smallest absolute Gasteiger partial charge is 0.298 e. The molecule has 0 atom stereocenters. The second-order valence-electron chi connectivity index (χ2n) is 3.55. The second kappa shape index (κ2) is 5.26. The number of carbonyl (C=O) groups excluding carboxylic acids is 1. The number of aromatic nitrogens is 3. The molecule has 0 aromatic carbocycles. The van der Waals surface area contributed by atoms with Crippen molar-refractivity contribution >= 4 is 27.8 Å². The van der Waals surface area contributed by atoms with E-state index in [0.717, 1.165) is 4.47 Å². The molecule has 0 saturated carbocycles. The average Bonchev–Trinajstić information content (AvgIpc) is 2.86. The van der Waals surface area contributed by atoms with E-state index >= 15 is 0 Å². The van der Waals surface area contributed by atoms with Crippen molar-refractivity contribution in [1.29, 1.82) is 0 Å². The molecule has 2 heterocycles. The van der Waals surface area contributed by atoms with E-state index in [0.29, 0.717) is 18.1 Å². The first kappa shape index (κ1) is 12.7. The molecule has 1 amide bonds. The summed E-state index contributed by atoms with van der Waals surface area (Å²) in [5, 5.41) is 0. The summed E-state index contributed by atoms with van der Waals surface area (Å²) in [5.41, 5.74) is 0.629. The molecule has 0 N–H and O–H groups in total. The van der Waals surface area contributed by atoms with Gasteiger partial charge < -0.3 is 4.42 Å². The highest BCUT2D eigenvalue weighted by atomic mass is 79.9. The van der Waals surface area contributed by atoms with Crippen LogP contribution in [0.15, 0.2) is 27.7 Å². The van der Waals surface area contributed by atoms with Gasteiger partial charge in [0.25, 0.3) is 5.91 Å². The van der Waals surface area contributed by atoms with Gasteiger partial charge in [-0.15, -0.1) is 0 Å². The van der Waals surface area contributed by atoms with Crippen molar-refractivity contribution in [2.75, 3.05) is 11.9 Å². The molecule has 2 aromatic heterocycles. The van der Waals surface area contributed by atoms with Crippen molar-refractivity contribution < 1.29 is 9.21 Å². The highest BCUT2D eigenvalue weighted by Crippen LogP contribution is 2.15. The molecule has 2 rings (SSSR count). The summed E-state index contributed by atoms with van der Waals surface area (Å²) in [6, 6.07) is 0. The van der Waals surface area contributed by atoms with Crippen molar-refractivity contribution in [3.8, 4) is 0 Å². The van der Waals surface area contributed by atoms with Gasteiger partial charge in [0.1, 0.15) is 0 Å². The largest absolute Gasteiger partial charge is 0.438 e. The Morgan fingerprint density at radius 2 is 2.06 bits per heavy atom. The molecule has 6 nitrogen and oxygen atoms in total. The van der Waals surface area contributed by atoms with Crippen molar-refractivity contribution in [3.05, 3.63) is 34.7 Å². The third-order valence-corrected chi connectivity index (χ3v) is 2.79. The minimum atomic E-state index is -0.313. The van der Waals surface area contributed by atoms with E-state index < -0.39 is 0 Å². The van der Waals surface area contributed by atoms with Crippen LogP contribution in [0.5, 0.6) is 0 Å². The maximum atomic E-state index is 12.2. The van der Waals surface area contributed by atoms with Gasteiger partial charge in [0.2, 0.25) is 11.7 Å². The molecule has 0 saturated heterocycles. The topological polar surface area (TPSA) is 72.1 Å². The van der Waals surface area contributed by atoms with Gasteiger partial charge in [0.15, 0.2) is 6.39 Å².